The summed E-state index contributed by atoms with van der Waals surface area (Å²) >= 11 is 5.73. The van der Waals surface area contributed by atoms with Gasteiger partial charge in [-0.05, 0) is 29.3 Å². The Morgan fingerprint density at radius 2 is 1.95 bits per heavy atom. The monoisotopic (exact) mass is 274 g/mol. The molecule has 1 heterocycles. The lowest BCUT2D eigenvalue weighted by atomic mass is 10.1. The highest BCUT2D eigenvalue weighted by Crippen LogP contribution is 2.10. The summed E-state index contributed by atoms with van der Waals surface area (Å²) in [5.41, 5.74) is 2.68. The first kappa shape index (κ1) is 13.6. The van der Waals surface area contributed by atoms with E-state index in [0.29, 0.717) is 18.0 Å². The fourth-order valence-electron chi connectivity index (χ4n) is 1.79. The molecule has 0 N–H and O–H groups in total. The summed E-state index contributed by atoms with van der Waals surface area (Å²) in [6, 6.07) is 11.2. The van der Waals surface area contributed by atoms with Crippen LogP contribution >= 0.6 is 11.6 Å². The van der Waals surface area contributed by atoms with Crippen LogP contribution in [0.5, 0.6) is 0 Å². The van der Waals surface area contributed by atoms with Gasteiger partial charge in [0.15, 0.2) is 0 Å². The Kier molecular flexibility index (Phi) is 4.53. The third-order valence-corrected chi connectivity index (χ3v) is 3.15. The fraction of sp³-hybridized carbons (Fsp3) is 0.200. The Bertz CT molecular complexity index is 540. The van der Waals surface area contributed by atoms with Crippen molar-refractivity contribution in [2.45, 2.75) is 12.4 Å². The van der Waals surface area contributed by atoms with E-state index in [1.165, 1.54) is 0 Å². The Morgan fingerprint density at radius 3 is 2.53 bits per heavy atom. The molecule has 1 aromatic carbocycles. The van der Waals surface area contributed by atoms with Crippen molar-refractivity contribution >= 4 is 17.5 Å². The van der Waals surface area contributed by atoms with Gasteiger partial charge in [0.1, 0.15) is 0 Å². The minimum Gasteiger partial charge on any atom is -0.337 e. The van der Waals surface area contributed by atoms with Crippen molar-refractivity contribution in [3.8, 4) is 0 Å². The van der Waals surface area contributed by atoms with Crippen molar-refractivity contribution in [1.29, 1.82) is 0 Å². The summed E-state index contributed by atoms with van der Waals surface area (Å²) in [6.45, 7) is 0.546. The molecule has 0 aliphatic heterocycles. The van der Waals surface area contributed by atoms with E-state index in [9.17, 15) is 4.79 Å². The number of carbonyl (C=O) groups excluding carboxylic acids is 1. The predicted molar refractivity (Wildman–Crippen MR) is 76.0 cm³/mol. The highest BCUT2D eigenvalue weighted by Gasteiger charge is 2.11. The van der Waals surface area contributed by atoms with E-state index < -0.39 is 0 Å². The zero-order chi connectivity index (χ0) is 13.7. The van der Waals surface area contributed by atoms with Crippen molar-refractivity contribution in [2.24, 2.45) is 0 Å². The molecule has 0 spiro atoms. The van der Waals surface area contributed by atoms with Gasteiger partial charge in [0.05, 0.1) is 0 Å². The molecule has 0 aliphatic carbocycles. The van der Waals surface area contributed by atoms with E-state index in [1.54, 1.807) is 36.5 Å². The van der Waals surface area contributed by atoms with Gasteiger partial charge in [0.25, 0.3) is 5.91 Å². The molecule has 0 fully saturated rings. The molecule has 0 saturated heterocycles. The smallest absolute Gasteiger partial charge is 0.253 e. The molecule has 1 amide bonds. The number of rotatable bonds is 4. The largest absolute Gasteiger partial charge is 0.337 e. The standard InChI is InChI=1S/C15H15ClN2O/c1-18(11-13-3-2-8-17-10-13)15(19)14-6-4-12(9-16)5-7-14/h2-8,10H,9,11H2,1H3. The number of alkyl halides is 1. The first-order valence-electron chi connectivity index (χ1n) is 6.00. The highest BCUT2D eigenvalue weighted by atomic mass is 35.5. The van der Waals surface area contributed by atoms with Crippen molar-refractivity contribution in [1.82, 2.24) is 9.88 Å². The maximum absolute atomic E-state index is 12.2. The summed E-state index contributed by atoms with van der Waals surface area (Å²) < 4.78 is 0. The number of aromatic nitrogens is 1. The minimum absolute atomic E-state index is 0.00928. The van der Waals surface area contributed by atoms with Crippen molar-refractivity contribution in [2.75, 3.05) is 7.05 Å². The van der Waals surface area contributed by atoms with Gasteiger partial charge in [-0.15, -0.1) is 11.6 Å². The first-order chi connectivity index (χ1) is 9.20. The van der Waals surface area contributed by atoms with E-state index in [4.69, 9.17) is 11.6 Å². The van der Waals surface area contributed by atoms with Crippen LogP contribution in [-0.2, 0) is 12.4 Å². The summed E-state index contributed by atoms with van der Waals surface area (Å²) in [5, 5.41) is 0. The summed E-state index contributed by atoms with van der Waals surface area (Å²) in [5.74, 6) is 0.449. The van der Waals surface area contributed by atoms with Crippen LogP contribution in [0.3, 0.4) is 0 Å². The normalized spacial score (nSPS) is 10.2. The van der Waals surface area contributed by atoms with Gasteiger partial charge in [-0.1, -0.05) is 18.2 Å². The minimum atomic E-state index is -0.00928. The lowest BCUT2D eigenvalue weighted by molar-refractivity contribution is 0.0785. The number of pyridine rings is 1. The molecule has 4 heteroatoms. The Labute approximate surface area is 117 Å². The van der Waals surface area contributed by atoms with E-state index in [2.05, 4.69) is 4.98 Å². The molecule has 19 heavy (non-hydrogen) atoms. The number of halogens is 1. The van der Waals surface area contributed by atoms with Crippen LogP contribution in [0.4, 0.5) is 0 Å². The van der Waals surface area contributed by atoms with Crippen molar-refractivity contribution in [3.05, 3.63) is 65.5 Å². The second-order valence-electron chi connectivity index (χ2n) is 4.35. The Balaban J connectivity index is 2.06. The van der Waals surface area contributed by atoms with E-state index in [0.717, 1.165) is 11.1 Å². The van der Waals surface area contributed by atoms with E-state index >= 15 is 0 Å². The molecule has 0 unspecified atom stereocenters. The van der Waals surface area contributed by atoms with Crippen LogP contribution in [0.15, 0.2) is 48.8 Å². The van der Waals surface area contributed by atoms with E-state index in [-0.39, 0.29) is 5.91 Å². The number of hydrogen-bond donors (Lipinski definition) is 0. The molecule has 0 saturated carbocycles. The lowest BCUT2D eigenvalue weighted by Gasteiger charge is -2.17. The summed E-state index contributed by atoms with van der Waals surface area (Å²) in [4.78, 5) is 17.9. The average Bonchev–Trinajstić information content (AvgIpc) is 2.47. The SMILES string of the molecule is CN(Cc1cccnc1)C(=O)c1ccc(CCl)cc1. The van der Waals surface area contributed by atoms with Crippen LogP contribution in [0.25, 0.3) is 0 Å². The first-order valence-corrected chi connectivity index (χ1v) is 6.53. The summed E-state index contributed by atoms with van der Waals surface area (Å²) in [6.07, 6.45) is 3.48. The van der Waals surface area contributed by atoms with Crippen LogP contribution in [-0.4, -0.2) is 22.8 Å². The van der Waals surface area contributed by atoms with Gasteiger partial charge in [-0.25, -0.2) is 0 Å². The van der Waals surface area contributed by atoms with Crippen LogP contribution in [0, 0.1) is 0 Å². The van der Waals surface area contributed by atoms with Crippen LogP contribution < -0.4 is 0 Å². The van der Waals surface area contributed by atoms with Gasteiger partial charge in [-0.2, -0.15) is 0 Å². The second-order valence-corrected chi connectivity index (χ2v) is 4.62. The van der Waals surface area contributed by atoms with Gasteiger partial charge < -0.3 is 4.90 Å². The number of amides is 1. The maximum Gasteiger partial charge on any atom is 0.253 e. The molecule has 2 aromatic rings. The van der Waals surface area contributed by atoms with Crippen LogP contribution in [0.1, 0.15) is 21.5 Å². The number of nitrogens with zero attached hydrogens (tertiary/aromatic N) is 2. The number of benzene rings is 1. The van der Waals surface area contributed by atoms with Crippen molar-refractivity contribution in [3.63, 3.8) is 0 Å². The molecular formula is C15H15ClN2O. The Morgan fingerprint density at radius 1 is 1.21 bits per heavy atom. The molecule has 2 rings (SSSR count). The molecule has 0 radical (unpaired) electrons. The van der Waals surface area contributed by atoms with Crippen molar-refractivity contribution < 1.29 is 4.79 Å². The average molecular weight is 275 g/mol. The van der Waals surface area contributed by atoms with Gasteiger partial charge in [-0.3, -0.25) is 9.78 Å². The zero-order valence-corrected chi connectivity index (χ0v) is 11.5. The third kappa shape index (κ3) is 3.55. The predicted octanol–water partition coefficient (Wildman–Crippen LogP) is 3.09. The number of hydrogen-bond acceptors (Lipinski definition) is 2. The third-order valence-electron chi connectivity index (χ3n) is 2.84. The highest BCUT2D eigenvalue weighted by molar-refractivity contribution is 6.17. The van der Waals surface area contributed by atoms with Crippen LogP contribution in [0.2, 0.25) is 0 Å². The molecule has 0 aliphatic rings. The molecule has 98 valence electrons. The van der Waals surface area contributed by atoms with Gasteiger partial charge in [0, 0.05) is 37.4 Å². The van der Waals surface area contributed by atoms with Gasteiger partial charge >= 0.3 is 0 Å². The zero-order valence-electron chi connectivity index (χ0n) is 10.7. The summed E-state index contributed by atoms with van der Waals surface area (Å²) in [7, 11) is 1.78. The topological polar surface area (TPSA) is 33.2 Å². The molecule has 1 aromatic heterocycles. The van der Waals surface area contributed by atoms with E-state index in [1.807, 2.05) is 24.3 Å². The Hall–Kier alpha value is -1.87. The van der Waals surface area contributed by atoms with Gasteiger partial charge in [0.2, 0.25) is 0 Å². The maximum atomic E-state index is 12.2. The molecular weight excluding hydrogens is 260 g/mol. The molecule has 0 atom stereocenters. The lowest BCUT2D eigenvalue weighted by Crippen LogP contribution is -2.26. The fourth-order valence-corrected chi connectivity index (χ4v) is 1.97. The quantitative estimate of drug-likeness (QED) is 0.803. The molecule has 3 nitrogen and oxygen atoms in total. The molecule has 0 bridgehead atoms. The second kappa shape index (κ2) is 6.34. The number of carbonyl (C=O) groups is 1.